The molecule has 3 heteroatoms. The first-order valence-corrected chi connectivity index (χ1v) is 11.8. The Kier molecular flexibility index (Phi) is 8.95. The van der Waals surface area contributed by atoms with Gasteiger partial charge in [-0.15, -0.1) is 0 Å². The van der Waals surface area contributed by atoms with Gasteiger partial charge in [-0.05, 0) is 73.8 Å². The number of ether oxygens (including phenoxy) is 1. The normalized spacial score (nSPS) is 18.3. The van der Waals surface area contributed by atoms with Gasteiger partial charge in [0.05, 0.1) is 12.2 Å². The van der Waals surface area contributed by atoms with Crippen LogP contribution in [0.5, 0.6) is 5.75 Å². The van der Waals surface area contributed by atoms with E-state index in [9.17, 15) is 8.78 Å². The summed E-state index contributed by atoms with van der Waals surface area (Å²) in [4.78, 5) is 0. The highest BCUT2D eigenvalue weighted by molar-refractivity contribution is 5.46. The molecule has 1 aliphatic carbocycles. The van der Waals surface area contributed by atoms with Crippen molar-refractivity contribution in [2.24, 2.45) is 5.92 Å². The van der Waals surface area contributed by atoms with Crippen molar-refractivity contribution in [2.75, 3.05) is 6.61 Å². The molecule has 1 nitrogen and oxygen atoms in total. The lowest BCUT2D eigenvalue weighted by molar-refractivity contribution is 0.295. The first-order chi connectivity index (χ1) is 15.1. The summed E-state index contributed by atoms with van der Waals surface area (Å²) in [5, 5.41) is 0. The van der Waals surface area contributed by atoms with E-state index in [1.165, 1.54) is 69.1 Å². The van der Waals surface area contributed by atoms with Gasteiger partial charge in [-0.1, -0.05) is 63.5 Å². The van der Waals surface area contributed by atoms with Crippen molar-refractivity contribution in [3.05, 3.63) is 64.7 Å². The van der Waals surface area contributed by atoms with E-state index in [4.69, 9.17) is 4.74 Å². The molecule has 0 unspecified atom stereocenters. The number of rotatable bonds is 8. The average Bonchev–Trinajstić information content (AvgIpc) is 2.80. The molecule has 1 fully saturated rings. The van der Waals surface area contributed by atoms with Crippen LogP contribution in [0.4, 0.5) is 8.78 Å². The van der Waals surface area contributed by atoms with Crippen LogP contribution < -0.4 is 4.74 Å². The molecular weight excluding hydrogens is 390 g/mol. The third kappa shape index (κ3) is 6.57. The number of unbranched alkanes of at least 4 members (excludes halogenated alkanes) is 2. The number of halogens is 2. The summed E-state index contributed by atoms with van der Waals surface area (Å²) in [7, 11) is 0. The first-order valence-electron chi connectivity index (χ1n) is 11.8. The Hall–Kier alpha value is -2.34. The Balaban J connectivity index is 1.59. The monoisotopic (exact) mass is 424 g/mol. The maximum absolute atomic E-state index is 14.3. The Bertz CT molecular complexity index is 884. The van der Waals surface area contributed by atoms with Crippen LogP contribution in [0.25, 0.3) is 0 Å². The van der Waals surface area contributed by atoms with Gasteiger partial charge in [-0.3, -0.25) is 0 Å². The molecule has 0 heterocycles. The lowest BCUT2D eigenvalue weighted by Crippen LogP contribution is -2.13. The largest absolute Gasteiger partial charge is 0.490 e. The molecule has 0 saturated heterocycles. The van der Waals surface area contributed by atoms with Crippen molar-refractivity contribution >= 4 is 0 Å². The summed E-state index contributed by atoms with van der Waals surface area (Å²) < 4.78 is 33.6. The zero-order valence-electron chi connectivity index (χ0n) is 18.9. The molecule has 0 radical (unpaired) electrons. The minimum atomic E-state index is -0.971. The van der Waals surface area contributed by atoms with Gasteiger partial charge >= 0.3 is 0 Å². The molecule has 0 aromatic heterocycles. The van der Waals surface area contributed by atoms with E-state index in [0.717, 1.165) is 17.9 Å². The first kappa shape index (κ1) is 23.3. The number of hydrogen-bond acceptors (Lipinski definition) is 1. The Morgan fingerprint density at radius 2 is 1.58 bits per heavy atom. The van der Waals surface area contributed by atoms with Crippen LogP contribution in [-0.2, 0) is 0 Å². The fourth-order valence-corrected chi connectivity index (χ4v) is 4.40. The molecule has 2 aromatic carbocycles. The molecular formula is C28H34F2O. The molecule has 166 valence electrons. The Morgan fingerprint density at radius 3 is 2.26 bits per heavy atom. The summed E-state index contributed by atoms with van der Waals surface area (Å²) >= 11 is 0. The second-order valence-electron chi connectivity index (χ2n) is 8.67. The van der Waals surface area contributed by atoms with E-state index in [0.29, 0.717) is 12.5 Å². The van der Waals surface area contributed by atoms with Gasteiger partial charge in [0.1, 0.15) is 0 Å². The summed E-state index contributed by atoms with van der Waals surface area (Å²) in [5.74, 6) is 5.28. The van der Waals surface area contributed by atoms with E-state index in [1.54, 1.807) is 0 Å². The van der Waals surface area contributed by atoms with Crippen LogP contribution in [0, 0.1) is 29.4 Å². The lowest BCUT2D eigenvalue weighted by atomic mass is 9.77. The Labute approximate surface area is 186 Å². The second-order valence-corrected chi connectivity index (χ2v) is 8.67. The molecule has 0 amide bonds. The predicted molar refractivity (Wildman–Crippen MR) is 123 cm³/mol. The van der Waals surface area contributed by atoms with Gasteiger partial charge in [0.2, 0.25) is 5.82 Å². The van der Waals surface area contributed by atoms with Crippen molar-refractivity contribution in [1.82, 2.24) is 0 Å². The van der Waals surface area contributed by atoms with Crippen LogP contribution in [0.15, 0.2) is 36.4 Å². The fourth-order valence-electron chi connectivity index (χ4n) is 4.40. The highest BCUT2D eigenvalue weighted by Gasteiger charge is 2.22. The van der Waals surface area contributed by atoms with Gasteiger partial charge in [0, 0.05) is 5.56 Å². The van der Waals surface area contributed by atoms with Crippen molar-refractivity contribution in [1.29, 1.82) is 0 Å². The van der Waals surface area contributed by atoms with Crippen molar-refractivity contribution in [3.8, 4) is 17.6 Å². The summed E-state index contributed by atoms with van der Waals surface area (Å²) in [6.07, 6.45) is 11.3. The number of hydrogen-bond donors (Lipinski definition) is 0. The third-order valence-corrected chi connectivity index (χ3v) is 6.29. The highest BCUT2D eigenvalue weighted by Crippen LogP contribution is 2.37. The van der Waals surface area contributed by atoms with E-state index < -0.39 is 11.6 Å². The molecule has 3 rings (SSSR count). The topological polar surface area (TPSA) is 9.23 Å². The van der Waals surface area contributed by atoms with E-state index >= 15 is 0 Å². The summed E-state index contributed by atoms with van der Waals surface area (Å²) in [6.45, 7) is 4.53. The average molecular weight is 425 g/mol. The zero-order valence-corrected chi connectivity index (χ0v) is 18.9. The smallest absolute Gasteiger partial charge is 0.201 e. The molecule has 1 saturated carbocycles. The molecule has 1 aliphatic rings. The van der Waals surface area contributed by atoms with Crippen molar-refractivity contribution < 1.29 is 13.5 Å². The number of benzene rings is 2. The maximum Gasteiger partial charge on any atom is 0.201 e. The van der Waals surface area contributed by atoms with Crippen molar-refractivity contribution in [3.63, 3.8) is 0 Å². The van der Waals surface area contributed by atoms with E-state index in [2.05, 4.69) is 30.9 Å². The van der Waals surface area contributed by atoms with Crippen LogP contribution in [0.2, 0.25) is 0 Å². The predicted octanol–water partition coefficient (Wildman–Crippen LogP) is 8.01. The van der Waals surface area contributed by atoms with Gasteiger partial charge in [0.25, 0.3) is 0 Å². The third-order valence-electron chi connectivity index (χ3n) is 6.29. The molecule has 0 N–H and O–H groups in total. The van der Waals surface area contributed by atoms with Crippen molar-refractivity contribution in [2.45, 2.75) is 77.6 Å². The summed E-state index contributed by atoms with van der Waals surface area (Å²) in [6, 6.07) is 11.2. The molecule has 0 aliphatic heterocycles. The zero-order chi connectivity index (χ0) is 22.1. The maximum atomic E-state index is 14.3. The van der Waals surface area contributed by atoms with Crippen LogP contribution in [-0.4, -0.2) is 6.61 Å². The molecule has 2 aromatic rings. The molecule has 31 heavy (non-hydrogen) atoms. The SMILES string of the molecule is CCCCC[C@H]1CC[C@H](c2ccc(C#Cc3ccc(OCCC)c(F)c3F)cc2)CC1. The summed E-state index contributed by atoms with van der Waals surface area (Å²) in [5.41, 5.74) is 2.22. The van der Waals surface area contributed by atoms with Gasteiger partial charge in [0.15, 0.2) is 11.6 Å². The molecule has 0 atom stereocenters. The van der Waals surface area contributed by atoms with Gasteiger partial charge in [-0.25, -0.2) is 4.39 Å². The minimum Gasteiger partial charge on any atom is -0.490 e. The quantitative estimate of drug-likeness (QED) is 0.308. The second kappa shape index (κ2) is 11.9. The van der Waals surface area contributed by atoms with Gasteiger partial charge in [-0.2, -0.15) is 4.39 Å². The van der Waals surface area contributed by atoms with Gasteiger partial charge < -0.3 is 4.74 Å². The Morgan fingerprint density at radius 1 is 0.839 bits per heavy atom. The lowest BCUT2D eigenvalue weighted by Gasteiger charge is -2.29. The fraction of sp³-hybridized carbons (Fsp3) is 0.500. The molecule has 0 spiro atoms. The molecule has 0 bridgehead atoms. The van der Waals surface area contributed by atoms with E-state index in [1.807, 2.05) is 19.1 Å². The minimum absolute atomic E-state index is 0.0480. The van der Waals surface area contributed by atoms with E-state index in [-0.39, 0.29) is 11.3 Å². The van der Waals surface area contributed by atoms with Crippen LogP contribution >= 0.6 is 0 Å². The van der Waals surface area contributed by atoms with Crippen LogP contribution in [0.3, 0.4) is 0 Å². The van der Waals surface area contributed by atoms with Crippen LogP contribution in [0.1, 0.15) is 94.2 Å². The standard InChI is InChI=1S/C28H34F2O/c1-3-5-6-7-21-8-13-23(14-9-21)24-15-10-22(11-16-24)12-17-25-18-19-26(31-20-4-2)28(30)27(25)29/h10-11,15-16,18-19,21,23H,3-9,13-14,20H2,1-2H3/t21-,23-. The highest BCUT2D eigenvalue weighted by atomic mass is 19.2.